The number of carbonyl (C=O) groups is 2. The number of methoxy groups -OCH3 is 1. The molecular formula is C26H25N3O3. The van der Waals surface area contributed by atoms with Gasteiger partial charge >= 0.3 is 0 Å². The molecule has 6 nitrogen and oxygen atoms in total. The predicted octanol–water partition coefficient (Wildman–Crippen LogP) is 4.72. The average molecular weight is 428 g/mol. The van der Waals surface area contributed by atoms with Gasteiger partial charge in [-0.15, -0.1) is 0 Å². The molecule has 1 aliphatic heterocycles. The average Bonchev–Trinajstić information content (AvgIpc) is 3.21. The summed E-state index contributed by atoms with van der Waals surface area (Å²) in [5.41, 5.74) is 10.1. The van der Waals surface area contributed by atoms with Crippen LogP contribution >= 0.6 is 0 Å². The normalized spacial score (nSPS) is 14.1. The summed E-state index contributed by atoms with van der Waals surface area (Å²) < 4.78 is 5.35. The van der Waals surface area contributed by atoms with E-state index in [9.17, 15) is 9.59 Å². The third-order valence-corrected chi connectivity index (χ3v) is 6.27. The summed E-state index contributed by atoms with van der Waals surface area (Å²) in [4.78, 5) is 30.5. The van der Waals surface area contributed by atoms with Crippen molar-refractivity contribution in [3.8, 4) is 16.9 Å². The van der Waals surface area contributed by atoms with Gasteiger partial charge in [0, 0.05) is 34.9 Å². The molecule has 162 valence electrons. The second kappa shape index (κ2) is 8.04. The highest BCUT2D eigenvalue weighted by Crippen LogP contribution is 2.34. The van der Waals surface area contributed by atoms with Crippen molar-refractivity contribution in [1.82, 2.24) is 9.88 Å². The van der Waals surface area contributed by atoms with Crippen LogP contribution in [0.4, 0.5) is 0 Å². The Kier molecular flexibility index (Phi) is 5.05. The number of primary amides is 1. The number of fused-ring (bicyclic) bond motifs is 3. The number of aromatic amines is 1. The van der Waals surface area contributed by atoms with Crippen LogP contribution < -0.4 is 10.5 Å². The van der Waals surface area contributed by atoms with Gasteiger partial charge in [-0.05, 0) is 66.8 Å². The number of nitrogens with one attached hydrogen (secondary N) is 1. The van der Waals surface area contributed by atoms with Gasteiger partial charge in [0.25, 0.3) is 11.8 Å². The van der Waals surface area contributed by atoms with E-state index in [-0.39, 0.29) is 5.91 Å². The Labute approximate surface area is 186 Å². The highest BCUT2D eigenvalue weighted by atomic mass is 16.5. The van der Waals surface area contributed by atoms with E-state index >= 15 is 0 Å². The molecule has 1 aliphatic rings. The number of amides is 2. The van der Waals surface area contributed by atoms with E-state index < -0.39 is 5.91 Å². The number of hydrogen-bond acceptors (Lipinski definition) is 3. The van der Waals surface area contributed by atoms with Crippen molar-refractivity contribution in [2.45, 2.75) is 19.3 Å². The molecule has 2 amide bonds. The molecule has 3 aromatic carbocycles. The zero-order chi connectivity index (χ0) is 22.2. The SMILES string of the molecule is COc1cccc(-c2cc(C(N)=O)c3[nH]c4cc(C(=O)N5CCCCC5)ccc4c3c2)c1. The van der Waals surface area contributed by atoms with E-state index in [0.717, 1.165) is 59.1 Å². The van der Waals surface area contributed by atoms with Gasteiger partial charge in [-0.2, -0.15) is 0 Å². The van der Waals surface area contributed by atoms with Crippen LogP contribution in [0.2, 0.25) is 0 Å². The van der Waals surface area contributed by atoms with Crippen molar-refractivity contribution in [3.05, 3.63) is 65.7 Å². The second-order valence-electron chi connectivity index (χ2n) is 8.28. The molecule has 0 radical (unpaired) electrons. The van der Waals surface area contributed by atoms with E-state index in [0.29, 0.717) is 16.6 Å². The molecule has 1 fully saturated rings. The van der Waals surface area contributed by atoms with Crippen molar-refractivity contribution in [2.75, 3.05) is 20.2 Å². The van der Waals surface area contributed by atoms with Crippen molar-refractivity contribution in [3.63, 3.8) is 0 Å². The third kappa shape index (κ3) is 3.47. The van der Waals surface area contributed by atoms with Gasteiger partial charge < -0.3 is 20.4 Å². The number of aromatic nitrogens is 1. The maximum Gasteiger partial charge on any atom is 0.253 e. The molecule has 6 heteroatoms. The smallest absolute Gasteiger partial charge is 0.253 e. The molecule has 0 atom stereocenters. The molecule has 2 heterocycles. The Hall–Kier alpha value is -3.80. The summed E-state index contributed by atoms with van der Waals surface area (Å²) in [5.74, 6) is 0.288. The van der Waals surface area contributed by atoms with E-state index in [1.54, 1.807) is 13.2 Å². The first kappa shape index (κ1) is 20.1. The highest BCUT2D eigenvalue weighted by molar-refractivity contribution is 6.17. The number of benzene rings is 3. The van der Waals surface area contributed by atoms with Crippen LogP contribution in [-0.2, 0) is 0 Å². The van der Waals surface area contributed by atoms with Crippen LogP contribution in [0.3, 0.4) is 0 Å². The van der Waals surface area contributed by atoms with E-state index in [1.807, 2.05) is 53.4 Å². The lowest BCUT2D eigenvalue weighted by Crippen LogP contribution is -2.35. The summed E-state index contributed by atoms with van der Waals surface area (Å²) in [5, 5.41) is 1.84. The van der Waals surface area contributed by atoms with Gasteiger partial charge in [0.05, 0.1) is 18.2 Å². The molecule has 5 rings (SSSR count). The van der Waals surface area contributed by atoms with Gasteiger partial charge in [-0.3, -0.25) is 9.59 Å². The number of nitrogens with two attached hydrogens (primary N) is 1. The molecule has 4 aromatic rings. The Morgan fingerprint density at radius 2 is 1.75 bits per heavy atom. The molecule has 0 unspecified atom stereocenters. The first-order valence-corrected chi connectivity index (χ1v) is 10.9. The molecule has 0 bridgehead atoms. The molecule has 1 aromatic heterocycles. The van der Waals surface area contributed by atoms with Crippen LogP contribution in [0.25, 0.3) is 32.9 Å². The van der Waals surface area contributed by atoms with E-state index in [2.05, 4.69) is 4.98 Å². The number of carbonyl (C=O) groups excluding carboxylic acids is 2. The largest absolute Gasteiger partial charge is 0.497 e. The number of H-pyrrole nitrogens is 1. The van der Waals surface area contributed by atoms with Crippen LogP contribution in [0, 0.1) is 0 Å². The van der Waals surface area contributed by atoms with E-state index in [1.165, 1.54) is 6.42 Å². The maximum absolute atomic E-state index is 13.0. The minimum atomic E-state index is -0.504. The number of likely N-dealkylation sites (tertiary alicyclic amines) is 1. The monoisotopic (exact) mass is 427 g/mol. The highest BCUT2D eigenvalue weighted by Gasteiger charge is 2.20. The van der Waals surface area contributed by atoms with Crippen molar-refractivity contribution >= 4 is 33.6 Å². The van der Waals surface area contributed by atoms with Gasteiger partial charge in [-0.25, -0.2) is 0 Å². The molecule has 0 aliphatic carbocycles. The van der Waals surface area contributed by atoms with Crippen molar-refractivity contribution in [1.29, 1.82) is 0 Å². The fourth-order valence-corrected chi connectivity index (χ4v) is 4.58. The summed E-state index contributed by atoms with van der Waals surface area (Å²) >= 11 is 0. The molecule has 0 spiro atoms. The molecule has 0 saturated carbocycles. The van der Waals surface area contributed by atoms with Gasteiger partial charge in [0.1, 0.15) is 5.75 Å². The van der Waals surface area contributed by atoms with E-state index in [4.69, 9.17) is 10.5 Å². The zero-order valence-electron chi connectivity index (χ0n) is 18.0. The number of rotatable bonds is 4. The number of ether oxygens (including phenoxy) is 1. The summed E-state index contributed by atoms with van der Waals surface area (Å²) in [7, 11) is 1.62. The van der Waals surface area contributed by atoms with Crippen molar-refractivity contribution in [2.24, 2.45) is 5.73 Å². The second-order valence-corrected chi connectivity index (χ2v) is 8.28. The maximum atomic E-state index is 13.0. The third-order valence-electron chi connectivity index (χ3n) is 6.27. The Balaban J connectivity index is 1.65. The van der Waals surface area contributed by atoms with Crippen LogP contribution in [0.15, 0.2) is 54.6 Å². The van der Waals surface area contributed by atoms with Crippen LogP contribution in [-0.4, -0.2) is 41.9 Å². The van der Waals surface area contributed by atoms with Gasteiger partial charge in [0.15, 0.2) is 0 Å². The Morgan fingerprint density at radius 1 is 0.938 bits per heavy atom. The van der Waals surface area contributed by atoms with Crippen molar-refractivity contribution < 1.29 is 14.3 Å². The summed E-state index contributed by atoms with van der Waals surface area (Å²) in [6, 6.07) is 17.2. The lowest BCUT2D eigenvalue weighted by atomic mass is 9.98. The number of hydrogen-bond donors (Lipinski definition) is 2. The lowest BCUT2D eigenvalue weighted by Gasteiger charge is -2.26. The first-order valence-electron chi connectivity index (χ1n) is 10.9. The Morgan fingerprint density at radius 3 is 2.50 bits per heavy atom. The minimum Gasteiger partial charge on any atom is -0.497 e. The summed E-state index contributed by atoms with van der Waals surface area (Å²) in [6.45, 7) is 1.61. The van der Waals surface area contributed by atoms with Crippen LogP contribution in [0.5, 0.6) is 5.75 Å². The van der Waals surface area contributed by atoms with Crippen LogP contribution in [0.1, 0.15) is 40.0 Å². The topological polar surface area (TPSA) is 88.4 Å². The summed E-state index contributed by atoms with van der Waals surface area (Å²) in [6.07, 6.45) is 3.28. The molecular weight excluding hydrogens is 402 g/mol. The van der Waals surface area contributed by atoms with Gasteiger partial charge in [0.2, 0.25) is 0 Å². The quantitative estimate of drug-likeness (QED) is 0.494. The van der Waals surface area contributed by atoms with Gasteiger partial charge in [-0.1, -0.05) is 18.2 Å². The molecule has 32 heavy (non-hydrogen) atoms. The first-order chi connectivity index (χ1) is 15.5. The number of nitrogens with zero attached hydrogens (tertiary/aromatic N) is 1. The zero-order valence-corrected chi connectivity index (χ0v) is 18.0. The Bertz CT molecular complexity index is 1350. The minimum absolute atomic E-state index is 0.0532. The molecule has 1 saturated heterocycles. The fourth-order valence-electron chi connectivity index (χ4n) is 4.58. The lowest BCUT2D eigenvalue weighted by molar-refractivity contribution is 0.0724. The molecule has 3 N–H and O–H groups in total. The predicted molar refractivity (Wildman–Crippen MR) is 126 cm³/mol. The fraction of sp³-hybridized carbons (Fsp3) is 0.231. The number of piperidine rings is 1. The standard InChI is InChI=1S/C26H25N3O3/c1-32-19-7-5-6-16(12-19)18-13-21-20-9-8-17(26(31)29-10-3-2-4-11-29)15-23(20)28-24(21)22(14-18)25(27)30/h5-9,12-15,28H,2-4,10-11H2,1H3,(H2,27,30).